The minimum Gasteiger partial charge on any atom is -0.375 e. The van der Waals surface area contributed by atoms with Gasteiger partial charge in [-0.25, -0.2) is 0 Å². The van der Waals surface area contributed by atoms with Gasteiger partial charge in [-0.3, -0.25) is 0 Å². The van der Waals surface area contributed by atoms with E-state index in [1.807, 2.05) is 0 Å². The Bertz CT molecular complexity index is 419. The predicted octanol–water partition coefficient (Wildman–Crippen LogP) is 3.42. The lowest BCUT2D eigenvalue weighted by atomic mass is 10.1. The van der Waals surface area contributed by atoms with Crippen molar-refractivity contribution in [2.75, 3.05) is 27.2 Å². The molecule has 0 aliphatic carbocycles. The van der Waals surface area contributed by atoms with E-state index >= 15 is 0 Å². The number of rotatable bonds is 8. The molecule has 0 heterocycles. The Balaban J connectivity index is 2.52. The summed E-state index contributed by atoms with van der Waals surface area (Å²) in [7, 11) is 4.16. The fourth-order valence-corrected chi connectivity index (χ4v) is 2.17. The third-order valence-electron chi connectivity index (χ3n) is 3.62. The molecule has 0 atom stereocenters. The minimum absolute atomic E-state index is 0.0530. The number of likely N-dealkylation sites (N-methyl/N-ethyl adjacent to an activating group) is 1. The van der Waals surface area contributed by atoms with Crippen LogP contribution in [0.3, 0.4) is 0 Å². The molecule has 0 saturated heterocycles. The van der Waals surface area contributed by atoms with Gasteiger partial charge in [0.05, 0.1) is 13.2 Å². The molecule has 1 N–H and O–H groups in total. The SMILES string of the molecule is CCNCc1ccc(COCC(C)(C)N(C)C)c(Br)c1. The first-order valence-electron chi connectivity index (χ1n) is 7.10. The van der Waals surface area contributed by atoms with Gasteiger partial charge >= 0.3 is 0 Å². The van der Waals surface area contributed by atoms with Crippen molar-refractivity contribution in [3.63, 3.8) is 0 Å². The van der Waals surface area contributed by atoms with Gasteiger partial charge in [0, 0.05) is 16.6 Å². The summed E-state index contributed by atoms with van der Waals surface area (Å²) in [6.07, 6.45) is 0. The van der Waals surface area contributed by atoms with E-state index in [2.05, 4.69) is 79.2 Å². The van der Waals surface area contributed by atoms with Crippen molar-refractivity contribution < 1.29 is 4.74 Å². The van der Waals surface area contributed by atoms with Crippen LogP contribution in [0.4, 0.5) is 0 Å². The van der Waals surface area contributed by atoms with Crippen LogP contribution in [-0.4, -0.2) is 37.7 Å². The minimum atomic E-state index is 0.0530. The van der Waals surface area contributed by atoms with Crippen molar-refractivity contribution in [2.45, 2.75) is 39.5 Å². The predicted molar refractivity (Wildman–Crippen MR) is 88.9 cm³/mol. The molecule has 1 aromatic rings. The van der Waals surface area contributed by atoms with Crippen LogP contribution in [0.15, 0.2) is 22.7 Å². The van der Waals surface area contributed by atoms with Crippen LogP contribution in [0.25, 0.3) is 0 Å². The molecule has 1 rings (SSSR count). The van der Waals surface area contributed by atoms with E-state index in [4.69, 9.17) is 4.74 Å². The molecule has 0 radical (unpaired) electrons. The van der Waals surface area contributed by atoms with Crippen LogP contribution in [-0.2, 0) is 17.9 Å². The molecule has 20 heavy (non-hydrogen) atoms. The lowest BCUT2D eigenvalue weighted by Crippen LogP contribution is -2.42. The van der Waals surface area contributed by atoms with Crippen molar-refractivity contribution in [1.29, 1.82) is 0 Å². The Labute approximate surface area is 131 Å². The highest BCUT2D eigenvalue weighted by Crippen LogP contribution is 2.20. The third kappa shape index (κ3) is 5.52. The fraction of sp³-hybridized carbons (Fsp3) is 0.625. The van der Waals surface area contributed by atoms with Crippen LogP contribution in [0, 0.1) is 0 Å². The van der Waals surface area contributed by atoms with Crippen LogP contribution in [0.5, 0.6) is 0 Å². The number of hydrogen-bond acceptors (Lipinski definition) is 3. The maximum Gasteiger partial charge on any atom is 0.0728 e. The maximum absolute atomic E-state index is 5.86. The Morgan fingerprint density at radius 3 is 2.55 bits per heavy atom. The summed E-state index contributed by atoms with van der Waals surface area (Å²) in [6.45, 7) is 9.73. The molecule has 114 valence electrons. The number of halogens is 1. The lowest BCUT2D eigenvalue weighted by molar-refractivity contribution is 0.0272. The quantitative estimate of drug-likeness (QED) is 0.783. The molecule has 0 spiro atoms. The number of ether oxygens (including phenoxy) is 1. The number of benzene rings is 1. The summed E-state index contributed by atoms with van der Waals surface area (Å²) in [4.78, 5) is 2.18. The van der Waals surface area contributed by atoms with E-state index in [1.54, 1.807) is 0 Å². The van der Waals surface area contributed by atoms with Crippen molar-refractivity contribution in [1.82, 2.24) is 10.2 Å². The van der Waals surface area contributed by atoms with Crippen LogP contribution < -0.4 is 5.32 Å². The van der Waals surface area contributed by atoms with Gasteiger partial charge in [-0.15, -0.1) is 0 Å². The zero-order chi connectivity index (χ0) is 15.2. The normalized spacial score (nSPS) is 12.2. The van der Waals surface area contributed by atoms with Gasteiger partial charge in [0.1, 0.15) is 0 Å². The molecule has 0 fully saturated rings. The Morgan fingerprint density at radius 1 is 1.30 bits per heavy atom. The smallest absolute Gasteiger partial charge is 0.0728 e. The largest absolute Gasteiger partial charge is 0.375 e. The van der Waals surface area contributed by atoms with Gasteiger partial charge in [0.15, 0.2) is 0 Å². The van der Waals surface area contributed by atoms with E-state index in [9.17, 15) is 0 Å². The summed E-state index contributed by atoms with van der Waals surface area (Å²) in [6, 6.07) is 6.46. The molecule has 0 bridgehead atoms. The lowest BCUT2D eigenvalue weighted by Gasteiger charge is -2.32. The first kappa shape index (κ1) is 17.6. The van der Waals surface area contributed by atoms with Gasteiger partial charge < -0.3 is 15.0 Å². The van der Waals surface area contributed by atoms with E-state index in [1.165, 1.54) is 11.1 Å². The second kappa shape index (κ2) is 8.13. The Hall–Kier alpha value is -0.420. The zero-order valence-electron chi connectivity index (χ0n) is 13.3. The van der Waals surface area contributed by atoms with E-state index < -0.39 is 0 Å². The molecule has 0 amide bonds. The average molecular weight is 343 g/mol. The molecule has 1 aromatic carbocycles. The zero-order valence-corrected chi connectivity index (χ0v) is 14.9. The van der Waals surface area contributed by atoms with Gasteiger partial charge in [0.25, 0.3) is 0 Å². The number of nitrogens with zero attached hydrogens (tertiary/aromatic N) is 1. The topological polar surface area (TPSA) is 24.5 Å². The van der Waals surface area contributed by atoms with E-state index in [0.717, 1.165) is 17.6 Å². The highest BCUT2D eigenvalue weighted by Gasteiger charge is 2.20. The highest BCUT2D eigenvalue weighted by atomic mass is 79.9. The number of nitrogens with one attached hydrogen (secondary N) is 1. The first-order valence-corrected chi connectivity index (χ1v) is 7.89. The molecular weight excluding hydrogens is 316 g/mol. The van der Waals surface area contributed by atoms with Gasteiger partial charge in [-0.05, 0) is 51.7 Å². The maximum atomic E-state index is 5.86. The molecule has 0 aromatic heterocycles. The summed E-state index contributed by atoms with van der Waals surface area (Å²) >= 11 is 3.63. The second-order valence-corrected chi connectivity index (χ2v) is 6.76. The Morgan fingerprint density at radius 2 is 2.00 bits per heavy atom. The van der Waals surface area contributed by atoms with Crippen molar-refractivity contribution in [3.05, 3.63) is 33.8 Å². The molecule has 0 unspecified atom stereocenters. The molecule has 0 aliphatic rings. The van der Waals surface area contributed by atoms with Crippen LogP contribution in [0.2, 0.25) is 0 Å². The number of hydrogen-bond donors (Lipinski definition) is 1. The molecule has 0 saturated carbocycles. The summed E-state index contributed by atoms with van der Waals surface area (Å²) in [5.74, 6) is 0. The summed E-state index contributed by atoms with van der Waals surface area (Å²) in [5, 5.41) is 3.33. The van der Waals surface area contributed by atoms with E-state index in [-0.39, 0.29) is 5.54 Å². The standard InChI is InChI=1S/C16H27BrN2O/c1-6-18-10-13-7-8-14(15(17)9-13)11-20-12-16(2,3)19(4)5/h7-9,18H,6,10-12H2,1-5H3. The van der Waals surface area contributed by atoms with E-state index in [0.29, 0.717) is 13.2 Å². The average Bonchev–Trinajstić information content (AvgIpc) is 2.38. The van der Waals surface area contributed by atoms with Crippen LogP contribution >= 0.6 is 15.9 Å². The molecular formula is C16H27BrN2O. The van der Waals surface area contributed by atoms with Crippen molar-refractivity contribution in [2.24, 2.45) is 0 Å². The second-order valence-electron chi connectivity index (χ2n) is 5.91. The monoisotopic (exact) mass is 342 g/mol. The first-order chi connectivity index (χ1) is 9.36. The van der Waals surface area contributed by atoms with Crippen LogP contribution in [0.1, 0.15) is 31.9 Å². The van der Waals surface area contributed by atoms with Crippen molar-refractivity contribution >= 4 is 15.9 Å². The molecule has 3 nitrogen and oxygen atoms in total. The summed E-state index contributed by atoms with van der Waals surface area (Å²) < 4.78 is 6.98. The third-order valence-corrected chi connectivity index (χ3v) is 4.36. The molecule has 4 heteroatoms. The fourth-order valence-electron chi connectivity index (χ4n) is 1.63. The van der Waals surface area contributed by atoms with Gasteiger partial charge in [0.2, 0.25) is 0 Å². The van der Waals surface area contributed by atoms with Gasteiger partial charge in [-0.1, -0.05) is 35.0 Å². The summed E-state index contributed by atoms with van der Waals surface area (Å²) in [5.41, 5.74) is 2.54. The van der Waals surface area contributed by atoms with Gasteiger partial charge in [-0.2, -0.15) is 0 Å². The highest BCUT2D eigenvalue weighted by molar-refractivity contribution is 9.10. The van der Waals surface area contributed by atoms with Crippen molar-refractivity contribution in [3.8, 4) is 0 Å². The Kier molecular flexibility index (Phi) is 7.17. The molecule has 0 aliphatic heterocycles.